The van der Waals surface area contributed by atoms with Crippen molar-refractivity contribution in [2.24, 2.45) is 0 Å². The monoisotopic (exact) mass is 236 g/mol. The molecule has 94 valence electrons. The van der Waals surface area contributed by atoms with Crippen LogP contribution < -0.4 is 14.2 Å². The largest absolute Gasteiger partial charge is 0.493 e. The highest BCUT2D eigenvalue weighted by molar-refractivity contribution is 5.54. The summed E-state index contributed by atoms with van der Waals surface area (Å²) < 4.78 is 15.9. The second-order valence-corrected chi connectivity index (χ2v) is 4.02. The summed E-state index contributed by atoms with van der Waals surface area (Å²) in [5, 5.41) is 0. The highest BCUT2D eigenvalue weighted by atomic mass is 16.5. The van der Waals surface area contributed by atoms with Crippen molar-refractivity contribution in [3.63, 3.8) is 0 Å². The summed E-state index contributed by atoms with van der Waals surface area (Å²) in [6.07, 6.45) is 3.03. The predicted octanol–water partition coefficient (Wildman–Crippen LogP) is 3.22. The van der Waals surface area contributed by atoms with Gasteiger partial charge in [-0.15, -0.1) is 0 Å². The Balaban J connectivity index is 3.13. The van der Waals surface area contributed by atoms with Crippen LogP contribution in [0.25, 0.3) is 0 Å². The SMILES string of the molecule is COc1cc(CC=C(C)C)cc(OC)c1OC. The Hall–Kier alpha value is -1.64. The first-order valence-corrected chi connectivity index (χ1v) is 5.54. The van der Waals surface area contributed by atoms with Crippen molar-refractivity contribution in [2.75, 3.05) is 21.3 Å². The molecular weight excluding hydrogens is 216 g/mol. The van der Waals surface area contributed by atoms with Gasteiger partial charge in [-0.05, 0) is 38.0 Å². The Bertz CT molecular complexity index is 379. The summed E-state index contributed by atoms with van der Waals surface area (Å²) >= 11 is 0. The molecule has 0 radical (unpaired) electrons. The van der Waals surface area contributed by atoms with E-state index >= 15 is 0 Å². The third kappa shape index (κ3) is 3.41. The lowest BCUT2D eigenvalue weighted by molar-refractivity contribution is 0.324. The molecule has 0 aromatic heterocycles. The smallest absolute Gasteiger partial charge is 0.203 e. The molecule has 0 atom stereocenters. The van der Waals surface area contributed by atoms with Crippen LogP contribution in [0.2, 0.25) is 0 Å². The van der Waals surface area contributed by atoms with Crippen molar-refractivity contribution in [1.29, 1.82) is 0 Å². The van der Waals surface area contributed by atoms with E-state index in [1.54, 1.807) is 21.3 Å². The molecule has 0 saturated carbocycles. The van der Waals surface area contributed by atoms with Gasteiger partial charge in [0.1, 0.15) is 0 Å². The Morgan fingerprint density at radius 3 is 1.88 bits per heavy atom. The van der Waals surface area contributed by atoms with Gasteiger partial charge in [-0.1, -0.05) is 11.6 Å². The minimum Gasteiger partial charge on any atom is -0.493 e. The van der Waals surface area contributed by atoms with Gasteiger partial charge in [0.15, 0.2) is 11.5 Å². The molecule has 0 bridgehead atoms. The molecule has 0 amide bonds. The van der Waals surface area contributed by atoms with Crippen LogP contribution in [0.5, 0.6) is 17.2 Å². The minimum absolute atomic E-state index is 0.635. The molecule has 0 aliphatic heterocycles. The van der Waals surface area contributed by atoms with Crippen LogP contribution in [0.4, 0.5) is 0 Å². The highest BCUT2D eigenvalue weighted by Gasteiger charge is 2.12. The summed E-state index contributed by atoms with van der Waals surface area (Å²) in [4.78, 5) is 0. The zero-order valence-electron chi connectivity index (χ0n) is 11.2. The zero-order valence-corrected chi connectivity index (χ0v) is 11.2. The van der Waals surface area contributed by atoms with Gasteiger partial charge in [0.2, 0.25) is 5.75 Å². The molecule has 1 aromatic carbocycles. The van der Waals surface area contributed by atoms with E-state index in [1.807, 2.05) is 12.1 Å². The van der Waals surface area contributed by atoms with Gasteiger partial charge in [-0.2, -0.15) is 0 Å². The molecule has 3 nitrogen and oxygen atoms in total. The normalized spacial score (nSPS) is 9.71. The van der Waals surface area contributed by atoms with E-state index in [9.17, 15) is 0 Å². The molecule has 3 heteroatoms. The fourth-order valence-electron chi connectivity index (χ4n) is 1.58. The lowest BCUT2D eigenvalue weighted by Gasteiger charge is -2.13. The molecule has 0 aliphatic rings. The van der Waals surface area contributed by atoms with E-state index in [1.165, 1.54) is 5.57 Å². The molecule has 0 spiro atoms. The van der Waals surface area contributed by atoms with Crippen LogP contribution in [-0.2, 0) is 6.42 Å². The van der Waals surface area contributed by atoms with E-state index in [0.29, 0.717) is 17.2 Å². The Labute approximate surface area is 103 Å². The zero-order chi connectivity index (χ0) is 12.8. The van der Waals surface area contributed by atoms with E-state index in [2.05, 4.69) is 19.9 Å². The maximum absolute atomic E-state index is 5.30. The molecule has 17 heavy (non-hydrogen) atoms. The predicted molar refractivity (Wildman–Crippen MR) is 69.2 cm³/mol. The van der Waals surface area contributed by atoms with Gasteiger partial charge in [-0.3, -0.25) is 0 Å². The number of allylic oxidation sites excluding steroid dienone is 2. The van der Waals surface area contributed by atoms with E-state index < -0.39 is 0 Å². The first-order chi connectivity index (χ1) is 8.12. The molecule has 0 unspecified atom stereocenters. The molecule has 0 heterocycles. The van der Waals surface area contributed by atoms with E-state index in [-0.39, 0.29) is 0 Å². The minimum atomic E-state index is 0.635. The van der Waals surface area contributed by atoms with Gasteiger partial charge in [-0.25, -0.2) is 0 Å². The molecule has 0 aliphatic carbocycles. The Morgan fingerprint density at radius 2 is 1.53 bits per heavy atom. The van der Waals surface area contributed by atoms with E-state index in [4.69, 9.17) is 14.2 Å². The molecular formula is C14H20O3. The van der Waals surface area contributed by atoms with Crippen LogP contribution >= 0.6 is 0 Å². The molecule has 0 saturated heterocycles. The fraction of sp³-hybridized carbons (Fsp3) is 0.429. The summed E-state index contributed by atoms with van der Waals surface area (Å²) in [7, 11) is 4.86. The summed E-state index contributed by atoms with van der Waals surface area (Å²) in [6.45, 7) is 4.16. The third-order valence-corrected chi connectivity index (χ3v) is 2.47. The maximum Gasteiger partial charge on any atom is 0.203 e. The molecule has 0 fully saturated rings. The number of methoxy groups -OCH3 is 3. The second kappa shape index (κ2) is 6.18. The van der Waals surface area contributed by atoms with Crippen molar-refractivity contribution in [3.05, 3.63) is 29.3 Å². The second-order valence-electron chi connectivity index (χ2n) is 4.02. The molecule has 0 N–H and O–H groups in total. The van der Waals surface area contributed by atoms with Crippen LogP contribution in [-0.4, -0.2) is 21.3 Å². The first kappa shape index (κ1) is 13.4. The number of benzene rings is 1. The highest BCUT2D eigenvalue weighted by Crippen LogP contribution is 2.38. The van der Waals surface area contributed by atoms with Crippen molar-refractivity contribution in [3.8, 4) is 17.2 Å². The average Bonchev–Trinajstić information content (AvgIpc) is 2.34. The van der Waals surface area contributed by atoms with Crippen LogP contribution in [0.15, 0.2) is 23.8 Å². The first-order valence-electron chi connectivity index (χ1n) is 5.54. The average molecular weight is 236 g/mol. The van der Waals surface area contributed by atoms with Crippen LogP contribution in [0, 0.1) is 0 Å². The fourth-order valence-corrected chi connectivity index (χ4v) is 1.58. The van der Waals surface area contributed by atoms with Crippen LogP contribution in [0.3, 0.4) is 0 Å². The van der Waals surface area contributed by atoms with Crippen molar-refractivity contribution < 1.29 is 14.2 Å². The quantitative estimate of drug-likeness (QED) is 0.735. The van der Waals surface area contributed by atoms with Gasteiger partial charge in [0, 0.05) is 0 Å². The summed E-state index contributed by atoms with van der Waals surface area (Å²) in [5.74, 6) is 2.03. The summed E-state index contributed by atoms with van der Waals surface area (Å²) in [5.41, 5.74) is 2.43. The Morgan fingerprint density at radius 1 is 1.00 bits per heavy atom. The van der Waals surface area contributed by atoms with Gasteiger partial charge in [0.25, 0.3) is 0 Å². The van der Waals surface area contributed by atoms with Crippen molar-refractivity contribution in [2.45, 2.75) is 20.3 Å². The number of rotatable bonds is 5. The lowest BCUT2D eigenvalue weighted by Crippen LogP contribution is -1.96. The number of hydrogen-bond acceptors (Lipinski definition) is 3. The lowest BCUT2D eigenvalue weighted by atomic mass is 10.1. The van der Waals surface area contributed by atoms with Gasteiger partial charge in [0.05, 0.1) is 21.3 Å². The third-order valence-electron chi connectivity index (χ3n) is 2.47. The van der Waals surface area contributed by atoms with Crippen LogP contribution in [0.1, 0.15) is 19.4 Å². The van der Waals surface area contributed by atoms with Gasteiger partial charge >= 0.3 is 0 Å². The van der Waals surface area contributed by atoms with Gasteiger partial charge < -0.3 is 14.2 Å². The molecule has 1 rings (SSSR count). The van der Waals surface area contributed by atoms with Crippen molar-refractivity contribution >= 4 is 0 Å². The maximum atomic E-state index is 5.30. The number of hydrogen-bond donors (Lipinski definition) is 0. The standard InChI is InChI=1S/C14H20O3/c1-10(2)6-7-11-8-12(15-3)14(17-5)13(9-11)16-4/h6,8-9H,7H2,1-5H3. The topological polar surface area (TPSA) is 27.7 Å². The number of ether oxygens (including phenoxy) is 3. The van der Waals surface area contributed by atoms with Crippen molar-refractivity contribution in [1.82, 2.24) is 0 Å². The van der Waals surface area contributed by atoms with E-state index in [0.717, 1.165) is 12.0 Å². The summed E-state index contributed by atoms with van der Waals surface area (Å²) in [6, 6.07) is 3.95. The Kier molecular flexibility index (Phi) is 4.88. The molecule has 1 aromatic rings.